The summed E-state index contributed by atoms with van der Waals surface area (Å²) in [6, 6.07) is 0. The van der Waals surface area contributed by atoms with Crippen molar-refractivity contribution < 1.29 is 4.74 Å². The van der Waals surface area contributed by atoms with E-state index in [4.69, 9.17) is 10.5 Å². The molecule has 2 atom stereocenters. The molecule has 0 aromatic rings. The normalized spacial score (nSPS) is 43.0. The van der Waals surface area contributed by atoms with E-state index < -0.39 is 0 Å². The Balaban J connectivity index is 2.03. The van der Waals surface area contributed by atoms with Crippen LogP contribution in [0.2, 0.25) is 0 Å². The molecule has 2 fully saturated rings. The Bertz CT molecular complexity index is 251. The van der Waals surface area contributed by atoms with E-state index in [0.717, 1.165) is 25.6 Å². The summed E-state index contributed by atoms with van der Waals surface area (Å²) in [5.41, 5.74) is 6.43. The molecule has 0 radical (unpaired) electrons. The lowest BCUT2D eigenvalue weighted by molar-refractivity contribution is -0.110. The van der Waals surface area contributed by atoms with Gasteiger partial charge in [-0.05, 0) is 45.4 Å². The number of nitrogens with zero attached hydrogens (tertiary/aromatic N) is 1. The van der Waals surface area contributed by atoms with Gasteiger partial charge in [0.25, 0.3) is 0 Å². The zero-order valence-electron chi connectivity index (χ0n) is 12.3. The zero-order chi connectivity index (χ0) is 13.2. The van der Waals surface area contributed by atoms with Crippen LogP contribution in [0.15, 0.2) is 0 Å². The van der Waals surface area contributed by atoms with Crippen LogP contribution in [0.25, 0.3) is 0 Å². The quantitative estimate of drug-likeness (QED) is 0.840. The zero-order valence-corrected chi connectivity index (χ0v) is 12.3. The fraction of sp³-hybridized carbons (Fsp3) is 1.00. The minimum atomic E-state index is 0.262. The first-order valence-electron chi connectivity index (χ1n) is 7.70. The second-order valence-corrected chi connectivity index (χ2v) is 6.44. The second-order valence-electron chi connectivity index (χ2n) is 6.44. The fourth-order valence-electron chi connectivity index (χ4n) is 3.84. The molecule has 2 aliphatic rings. The highest BCUT2D eigenvalue weighted by Gasteiger charge is 2.41. The molecular formula is C15H30N2O. The largest absolute Gasteiger partial charge is 0.373 e. The molecular weight excluding hydrogens is 224 g/mol. The number of hydrogen-bond donors (Lipinski definition) is 1. The van der Waals surface area contributed by atoms with Gasteiger partial charge in [-0.1, -0.05) is 13.3 Å². The van der Waals surface area contributed by atoms with E-state index in [1.807, 2.05) is 0 Å². The van der Waals surface area contributed by atoms with Gasteiger partial charge in [-0.3, -0.25) is 4.90 Å². The van der Waals surface area contributed by atoms with Crippen LogP contribution in [-0.4, -0.2) is 42.3 Å². The van der Waals surface area contributed by atoms with Gasteiger partial charge in [0, 0.05) is 25.2 Å². The fourth-order valence-corrected chi connectivity index (χ4v) is 3.84. The van der Waals surface area contributed by atoms with Crippen molar-refractivity contribution in [1.29, 1.82) is 0 Å². The van der Waals surface area contributed by atoms with Gasteiger partial charge in [-0.2, -0.15) is 0 Å². The van der Waals surface area contributed by atoms with Crippen LogP contribution in [0, 0.1) is 5.92 Å². The third kappa shape index (κ3) is 2.89. The minimum absolute atomic E-state index is 0.262. The molecule has 0 aromatic heterocycles. The second kappa shape index (κ2) is 5.89. The Labute approximate surface area is 112 Å². The average molecular weight is 254 g/mol. The van der Waals surface area contributed by atoms with Crippen molar-refractivity contribution in [2.24, 2.45) is 11.7 Å². The molecule has 1 aliphatic heterocycles. The maximum atomic E-state index is 6.16. The SMILES string of the molecule is CCC1CCC(CN)(N2CC(C)OC(C)C2)CC1. The lowest BCUT2D eigenvalue weighted by atomic mass is 9.74. The summed E-state index contributed by atoms with van der Waals surface area (Å²) in [5, 5.41) is 0. The van der Waals surface area contributed by atoms with Gasteiger partial charge in [0.05, 0.1) is 12.2 Å². The van der Waals surface area contributed by atoms with Gasteiger partial charge in [0.2, 0.25) is 0 Å². The van der Waals surface area contributed by atoms with E-state index in [9.17, 15) is 0 Å². The molecule has 106 valence electrons. The molecule has 1 heterocycles. The molecule has 3 heteroatoms. The number of ether oxygens (including phenoxy) is 1. The predicted octanol–water partition coefficient (Wildman–Crippen LogP) is 2.39. The van der Waals surface area contributed by atoms with Crippen LogP contribution in [0.5, 0.6) is 0 Å². The molecule has 0 amide bonds. The van der Waals surface area contributed by atoms with Crippen molar-refractivity contribution in [1.82, 2.24) is 4.90 Å². The van der Waals surface area contributed by atoms with E-state index >= 15 is 0 Å². The summed E-state index contributed by atoms with van der Waals surface area (Å²) in [5.74, 6) is 0.931. The highest BCUT2D eigenvalue weighted by molar-refractivity contribution is 4.97. The minimum Gasteiger partial charge on any atom is -0.373 e. The standard InChI is InChI=1S/C15H30N2O/c1-4-14-5-7-15(11-16,8-6-14)17-9-12(2)18-13(3)10-17/h12-14H,4-11,16H2,1-3H3. The predicted molar refractivity (Wildman–Crippen MR) is 75.6 cm³/mol. The first-order chi connectivity index (χ1) is 8.59. The van der Waals surface area contributed by atoms with E-state index in [0.29, 0.717) is 12.2 Å². The van der Waals surface area contributed by atoms with Gasteiger partial charge < -0.3 is 10.5 Å². The van der Waals surface area contributed by atoms with Crippen LogP contribution in [-0.2, 0) is 4.74 Å². The molecule has 3 nitrogen and oxygen atoms in total. The van der Waals surface area contributed by atoms with Crippen LogP contribution in [0.4, 0.5) is 0 Å². The van der Waals surface area contributed by atoms with Crippen LogP contribution >= 0.6 is 0 Å². The molecule has 0 spiro atoms. The third-order valence-electron chi connectivity index (χ3n) is 5.08. The van der Waals surface area contributed by atoms with Gasteiger partial charge in [0.1, 0.15) is 0 Å². The third-order valence-corrected chi connectivity index (χ3v) is 5.08. The van der Waals surface area contributed by atoms with Crippen molar-refractivity contribution >= 4 is 0 Å². The van der Waals surface area contributed by atoms with Gasteiger partial charge in [0.15, 0.2) is 0 Å². The Morgan fingerprint density at radius 3 is 2.17 bits per heavy atom. The Morgan fingerprint density at radius 2 is 1.72 bits per heavy atom. The number of morpholine rings is 1. The molecule has 1 aliphatic carbocycles. The molecule has 0 bridgehead atoms. The smallest absolute Gasteiger partial charge is 0.0678 e. The Kier molecular flexibility index (Phi) is 4.68. The van der Waals surface area contributed by atoms with E-state index in [-0.39, 0.29) is 5.54 Å². The van der Waals surface area contributed by atoms with E-state index in [1.54, 1.807) is 0 Å². The Morgan fingerprint density at radius 1 is 1.17 bits per heavy atom. The maximum Gasteiger partial charge on any atom is 0.0678 e. The molecule has 0 aromatic carbocycles. The van der Waals surface area contributed by atoms with Crippen LogP contribution in [0.1, 0.15) is 52.9 Å². The molecule has 1 saturated heterocycles. The van der Waals surface area contributed by atoms with E-state index in [2.05, 4.69) is 25.7 Å². The summed E-state index contributed by atoms with van der Waals surface area (Å²) in [6.07, 6.45) is 7.29. The highest BCUT2D eigenvalue weighted by Crippen LogP contribution is 2.38. The first-order valence-corrected chi connectivity index (χ1v) is 7.70. The monoisotopic (exact) mass is 254 g/mol. The van der Waals surface area contributed by atoms with Crippen molar-refractivity contribution in [2.45, 2.75) is 70.6 Å². The number of nitrogens with two attached hydrogens (primary N) is 1. The molecule has 2 rings (SSSR count). The topological polar surface area (TPSA) is 38.5 Å². The van der Waals surface area contributed by atoms with Crippen molar-refractivity contribution in [3.05, 3.63) is 0 Å². The average Bonchev–Trinajstić information content (AvgIpc) is 2.37. The van der Waals surface area contributed by atoms with Crippen molar-refractivity contribution in [3.8, 4) is 0 Å². The Hall–Kier alpha value is -0.120. The highest BCUT2D eigenvalue weighted by atomic mass is 16.5. The summed E-state index contributed by atoms with van der Waals surface area (Å²) >= 11 is 0. The lowest BCUT2D eigenvalue weighted by Gasteiger charge is -2.51. The number of rotatable bonds is 3. The summed E-state index contributed by atoms with van der Waals surface area (Å²) in [6.45, 7) is 9.60. The summed E-state index contributed by atoms with van der Waals surface area (Å²) in [7, 11) is 0. The summed E-state index contributed by atoms with van der Waals surface area (Å²) < 4.78 is 5.86. The van der Waals surface area contributed by atoms with Gasteiger partial charge in [-0.15, -0.1) is 0 Å². The molecule has 2 unspecified atom stereocenters. The number of hydrogen-bond acceptors (Lipinski definition) is 3. The van der Waals surface area contributed by atoms with Crippen LogP contribution < -0.4 is 5.73 Å². The molecule has 1 saturated carbocycles. The first kappa shape index (κ1) is 14.3. The van der Waals surface area contributed by atoms with Crippen molar-refractivity contribution in [2.75, 3.05) is 19.6 Å². The summed E-state index contributed by atoms with van der Waals surface area (Å²) in [4.78, 5) is 2.64. The van der Waals surface area contributed by atoms with Gasteiger partial charge in [-0.25, -0.2) is 0 Å². The molecule has 2 N–H and O–H groups in total. The lowest BCUT2D eigenvalue weighted by Crippen LogP contribution is -2.61. The molecule has 18 heavy (non-hydrogen) atoms. The maximum absolute atomic E-state index is 6.16. The van der Waals surface area contributed by atoms with Crippen LogP contribution in [0.3, 0.4) is 0 Å². The van der Waals surface area contributed by atoms with E-state index in [1.165, 1.54) is 32.1 Å². The van der Waals surface area contributed by atoms with Crippen molar-refractivity contribution in [3.63, 3.8) is 0 Å². The van der Waals surface area contributed by atoms with Gasteiger partial charge >= 0.3 is 0 Å².